The number of ether oxygens (including phenoxy) is 2. The van der Waals surface area contributed by atoms with E-state index in [9.17, 15) is 19.8 Å². The average Bonchev–Trinajstić information content (AvgIpc) is 3.03. The van der Waals surface area contributed by atoms with Crippen molar-refractivity contribution in [3.8, 4) is 17.2 Å². The normalized spacial score (nSPS) is 17.8. The van der Waals surface area contributed by atoms with Crippen molar-refractivity contribution < 1.29 is 29.3 Å². The van der Waals surface area contributed by atoms with Gasteiger partial charge in [0.25, 0.3) is 11.7 Å². The molecule has 2 aromatic carbocycles. The van der Waals surface area contributed by atoms with Crippen molar-refractivity contribution in [2.45, 2.75) is 12.5 Å². The highest BCUT2D eigenvalue weighted by molar-refractivity contribution is 6.46. The lowest BCUT2D eigenvalue weighted by Crippen LogP contribution is -2.32. The molecule has 32 heavy (non-hydrogen) atoms. The number of benzene rings is 2. The lowest BCUT2D eigenvalue weighted by Gasteiger charge is -2.26. The largest absolute Gasteiger partial charge is 0.507 e. The topological polar surface area (TPSA) is 99.5 Å². The highest BCUT2D eigenvalue weighted by atomic mass is 16.5. The summed E-state index contributed by atoms with van der Waals surface area (Å²) in [6.07, 6.45) is 0.653. The summed E-state index contributed by atoms with van der Waals surface area (Å²) in [5, 5.41) is 21.5. The van der Waals surface area contributed by atoms with Gasteiger partial charge in [0, 0.05) is 12.6 Å². The molecule has 1 amide bonds. The van der Waals surface area contributed by atoms with Gasteiger partial charge >= 0.3 is 0 Å². The molecule has 2 N–H and O–H groups in total. The maximum absolute atomic E-state index is 13.0. The number of carbonyl (C=O) groups excluding carboxylic acids is 2. The summed E-state index contributed by atoms with van der Waals surface area (Å²) in [7, 11) is 6.87. The quantitative estimate of drug-likeness (QED) is 0.370. The van der Waals surface area contributed by atoms with Crippen molar-refractivity contribution in [2.75, 3.05) is 41.4 Å². The van der Waals surface area contributed by atoms with E-state index in [0.717, 1.165) is 6.54 Å². The Morgan fingerprint density at radius 2 is 1.66 bits per heavy atom. The van der Waals surface area contributed by atoms with Gasteiger partial charge in [-0.1, -0.05) is 12.1 Å². The number of hydrogen-bond donors (Lipinski definition) is 2. The number of aromatic hydroxyl groups is 1. The molecule has 1 saturated heterocycles. The van der Waals surface area contributed by atoms with Gasteiger partial charge in [0.05, 0.1) is 31.4 Å². The van der Waals surface area contributed by atoms with E-state index in [1.807, 2.05) is 19.0 Å². The molecule has 0 bridgehead atoms. The number of likely N-dealkylation sites (tertiary alicyclic amines) is 1. The van der Waals surface area contributed by atoms with Crippen molar-refractivity contribution in [1.29, 1.82) is 0 Å². The van der Waals surface area contributed by atoms with Crippen LogP contribution in [0.25, 0.3) is 5.76 Å². The van der Waals surface area contributed by atoms with Crippen LogP contribution < -0.4 is 9.47 Å². The Balaban J connectivity index is 2.11. The third-order valence-electron chi connectivity index (χ3n) is 5.44. The third kappa shape index (κ3) is 4.55. The van der Waals surface area contributed by atoms with Crippen molar-refractivity contribution in [3.05, 3.63) is 59.2 Å². The second-order valence-electron chi connectivity index (χ2n) is 7.81. The molecular weight excluding hydrogens is 412 g/mol. The number of aliphatic hydroxyl groups excluding tert-OH is 1. The molecule has 8 heteroatoms. The van der Waals surface area contributed by atoms with Gasteiger partial charge in [-0.2, -0.15) is 0 Å². The number of ketones is 1. The minimum atomic E-state index is -0.789. The SMILES string of the molecule is COc1ccc(C2C(=C(O)c3ccc(OC)cc3O)C(=O)C(=O)N2CCCN(C)C)cc1. The molecule has 1 heterocycles. The third-order valence-corrected chi connectivity index (χ3v) is 5.44. The van der Waals surface area contributed by atoms with E-state index in [2.05, 4.69) is 0 Å². The predicted molar refractivity (Wildman–Crippen MR) is 120 cm³/mol. The number of methoxy groups -OCH3 is 2. The molecule has 8 nitrogen and oxygen atoms in total. The molecule has 170 valence electrons. The highest BCUT2D eigenvalue weighted by Crippen LogP contribution is 2.41. The lowest BCUT2D eigenvalue weighted by molar-refractivity contribution is -0.139. The van der Waals surface area contributed by atoms with E-state index in [0.29, 0.717) is 30.0 Å². The molecule has 0 saturated carbocycles. The van der Waals surface area contributed by atoms with Gasteiger partial charge in [-0.25, -0.2) is 0 Å². The fourth-order valence-corrected chi connectivity index (χ4v) is 3.78. The van der Waals surface area contributed by atoms with Crippen LogP contribution in [0.15, 0.2) is 48.0 Å². The van der Waals surface area contributed by atoms with Gasteiger partial charge in [0.2, 0.25) is 0 Å². The van der Waals surface area contributed by atoms with Crippen LogP contribution in [0.1, 0.15) is 23.6 Å². The first kappa shape index (κ1) is 23.1. The van der Waals surface area contributed by atoms with Crippen molar-refractivity contribution in [2.24, 2.45) is 0 Å². The van der Waals surface area contributed by atoms with Crippen LogP contribution in [-0.4, -0.2) is 73.1 Å². The first-order chi connectivity index (χ1) is 15.3. The summed E-state index contributed by atoms with van der Waals surface area (Å²) in [5.41, 5.74) is 0.644. The smallest absolute Gasteiger partial charge is 0.295 e. The van der Waals surface area contributed by atoms with Crippen molar-refractivity contribution >= 4 is 17.4 Å². The summed E-state index contributed by atoms with van der Waals surface area (Å²) in [6, 6.07) is 10.6. The van der Waals surface area contributed by atoms with Crippen molar-refractivity contribution in [1.82, 2.24) is 9.80 Å². The fourth-order valence-electron chi connectivity index (χ4n) is 3.78. The van der Waals surface area contributed by atoms with E-state index < -0.39 is 23.5 Å². The second-order valence-corrected chi connectivity index (χ2v) is 7.81. The molecule has 1 aliphatic heterocycles. The summed E-state index contributed by atoms with van der Waals surface area (Å²) in [6.45, 7) is 1.07. The molecule has 0 aliphatic carbocycles. The van der Waals surface area contributed by atoms with Gasteiger partial charge < -0.3 is 29.5 Å². The molecule has 2 aromatic rings. The Labute approximate surface area is 187 Å². The average molecular weight is 440 g/mol. The maximum atomic E-state index is 13.0. The van der Waals surface area contributed by atoms with Gasteiger partial charge in [0.15, 0.2) is 0 Å². The Hall–Kier alpha value is -3.52. The molecule has 1 fully saturated rings. The van der Waals surface area contributed by atoms with E-state index in [-0.39, 0.29) is 16.9 Å². The molecule has 1 unspecified atom stereocenters. The Bertz CT molecular complexity index is 1030. The minimum Gasteiger partial charge on any atom is -0.507 e. The van der Waals surface area contributed by atoms with E-state index >= 15 is 0 Å². The Kier molecular flexibility index (Phi) is 7.05. The molecule has 1 atom stereocenters. The molecular formula is C24H28N2O6. The number of amides is 1. The summed E-state index contributed by atoms with van der Waals surface area (Å²) < 4.78 is 10.3. The van der Waals surface area contributed by atoms with E-state index in [1.54, 1.807) is 37.4 Å². The standard InChI is InChI=1S/C24H28N2O6/c1-25(2)12-5-13-26-21(15-6-8-16(31-3)9-7-15)20(23(29)24(26)30)22(28)18-11-10-17(32-4)14-19(18)27/h6-11,14,21,27-28H,5,12-13H2,1-4H3. The Morgan fingerprint density at radius 3 is 2.22 bits per heavy atom. The van der Waals surface area contributed by atoms with Crippen LogP contribution in [-0.2, 0) is 9.59 Å². The van der Waals surface area contributed by atoms with E-state index in [1.165, 1.54) is 24.1 Å². The summed E-state index contributed by atoms with van der Waals surface area (Å²) in [4.78, 5) is 29.4. The monoisotopic (exact) mass is 440 g/mol. The summed E-state index contributed by atoms with van der Waals surface area (Å²) in [5.74, 6) is -1.13. The first-order valence-corrected chi connectivity index (χ1v) is 10.2. The van der Waals surface area contributed by atoms with Crippen LogP contribution in [0.5, 0.6) is 17.2 Å². The van der Waals surface area contributed by atoms with Gasteiger partial charge in [0.1, 0.15) is 23.0 Å². The summed E-state index contributed by atoms with van der Waals surface area (Å²) >= 11 is 0. The number of nitrogens with zero attached hydrogens (tertiary/aromatic N) is 2. The van der Waals surface area contributed by atoms with Crippen LogP contribution in [0, 0.1) is 0 Å². The zero-order valence-electron chi connectivity index (χ0n) is 18.7. The predicted octanol–water partition coefficient (Wildman–Crippen LogP) is 2.78. The highest BCUT2D eigenvalue weighted by Gasteiger charge is 2.46. The van der Waals surface area contributed by atoms with Crippen molar-refractivity contribution in [3.63, 3.8) is 0 Å². The number of Topliss-reactive ketones (excluding diaryl/α,β-unsaturated/α-hetero) is 1. The van der Waals surface area contributed by atoms with Gasteiger partial charge in [-0.3, -0.25) is 9.59 Å². The number of phenolic OH excluding ortho intramolecular Hbond substituents is 1. The molecule has 0 radical (unpaired) electrons. The van der Waals surface area contributed by atoms with E-state index in [4.69, 9.17) is 9.47 Å². The van der Waals surface area contributed by atoms with Gasteiger partial charge in [-0.05, 0) is 56.9 Å². The zero-order valence-corrected chi connectivity index (χ0v) is 18.7. The Morgan fingerprint density at radius 1 is 1.03 bits per heavy atom. The van der Waals surface area contributed by atoms with Gasteiger partial charge in [-0.15, -0.1) is 0 Å². The number of rotatable bonds is 8. The minimum absolute atomic E-state index is 0.0515. The van der Waals surface area contributed by atoms with Crippen LogP contribution in [0.2, 0.25) is 0 Å². The molecule has 3 rings (SSSR count). The number of hydrogen-bond acceptors (Lipinski definition) is 7. The van der Waals surface area contributed by atoms with Crippen LogP contribution in [0.4, 0.5) is 0 Å². The molecule has 0 spiro atoms. The lowest BCUT2D eigenvalue weighted by atomic mass is 9.95. The zero-order chi connectivity index (χ0) is 23.4. The number of phenols is 1. The maximum Gasteiger partial charge on any atom is 0.295 e. The molecule has 0 aromatic heterocycles. The van der Waals surface area contributed by atoms with Crippen LogP contribution in [0.3, 0.4) is 0 Å². The van der Waals surface area contributed by atoms with Crippen LogP contribution >= 0.6 is 0 Å². The second kappa shape index (κ2) is 9.74. The fraction of sp³-hybridized carbons (Fsp3) is 0.333. The molecule has 1 aliphatic rings. The first-order valence-electron chi connectivity index (χ1n) is 10.2. The number of carbonyl (C=O) groups is 2. The number of aliphatic hydroxyl groups is 1.